The molecule has 6 aromatic carbocycles. The van der Waals surface area contributed by atoms with Crippen molar-refractivity contribution < 1.29 is 8.83 Å². The molecule has 0 atom stereocenters. The van der Waals surface area contributed by atoms with Gasteiger partial charge in [0.1, 0.15) is 28.0 Å². The second-order valence-corrected chi connectivity index (χ2v) is 11.4. The Kier molecular flexibility index (Phi) is 4.93. The Labute approximate surface area is 256 Å². The summed E-state index contributed by atoms with van der Waals surface area (Å²) >= 11 is 0. The summed E-state index contributed by atoms with van der Waals surface area (Å²) in [6.07, 6.45) is 0. The molecule has 5 nitrogen and oxygen atoms in total. The summed E-state index contributed by atoms with van der Waals surface area (Å²) in [4.78, 5) is 10.1. The highest BCUT2D eigenvalue weighted by molar-refractivity contribution is 6.17. The molecule has 0 saturated carbocycles. The van der Waals surface area contributed by atoms with Gasteiger partial charge < -0.3 is 13.4 Å². The maximum absolute atomic E-state index is 6.29. The zero-order valence-corrected chi connectivity index (χ0v) is 23.9. The largest absolute Gasteiger partial charge is 0.456 e. The molecule has 0 saturated heterocycles. The quantitative estimate of drug-likeness (QED) is 0.210. The number of para-hydroxylation sites is 3. The summed E-state index contributed by atoms with van der Waals surface area (Å²) < 4.78 is 14.9. The Balaban J connectivity index is 1.17. The number of benzene rings is 6. The zero-order valence-electron chi connectivity index (χ0n) is 23.9. The third kappa shape index (κ3) is 3.55. The number of furan rings is 2. The van der Waals surface area contributed by atoms with Crippen LogP contribution >= 0.6 is 0 Å². The normalized spacial score (nSPS) is 12.0. The molecule has 10 aromatic rings. The van der Waals surface area contributed by atoms with Gasteiger partial charge in [0.15, 0.2) is 11.4 Å². The minimum absolute atomic E-state index is 0.658. The van der Waals surface area contributed by atoms with E-state index < -0.39 is 0 Å². The molecule has 4 aromatic heterocycles. The van der Waals surface area contributed by atoms with E-state index in [4.69, 9.17) is 18.8 Å². The Hall–Kier alpha value is -6.20. The van der Waals surface area contributed by atoms with E-state index in [1.54, 1.807) is 0 Å². The van der Waals surface area contributed by atoms with Crippen LogP contribution in [0.3, 0.4) is 0 Å². The third-order valence-corrected chi connectivity index (χ3v) is 8.82. The van der Waals surface area contributed by atoms with Crippen molar-refractivity contribution in [2.45, 2.75) is 0 Å². The minimum Gasteiger partial charge on any atom is -0.456 e. The maximum Gasteiger partial charge on any atom is 0.180 e. The van der Waals surface area contributed by atoms with Gasteiger partial charge in [0, 0.05) is 49.8 Å². The molecule has 0 radical (unpaired) electrons. The fourth-order valence-electron chi connectivity index (χ4n) is 6.74. The van der Waals surface area contributed by atoms with Crippen molar-refractivity contribution in [1.82, 2.24) is 14.5 Å². The van der Waals surface area contributed by atoms with Crippen LogP contribution in [0.4, 0.5) is 0 Å². The Morgan fingerprint density at radius 2 is 1.13 bits per heavy atom. The van der Waals surface area contributed by atoms with Crippen molar-refractivity contribution in [3.05, 3.63) is 140 Å². The van der Waals surface area contributed by atoms with Crippen molar-refractivity contribution in [3.63, 3.8) is 0 Å². The summed E-state index contributed by atoms with van der Waals surface area (Å²) in [5, 5.41) is 5.64. The SMILES string of the molecule is c1ccc(-c2nc(-c3ccc(-n4c5ccccc5c5cc6c(cc54)oc4ccccc46)cc3)nc3c2oc2ccccc23)cc1. The summed E-state index contributed by atoms with van der Waals surface area (Å²) in [6, 6.07) is 47.9. The molecule has 10 rings (SSSR count). The molecule has 0 spiro atoms. The van der Waals surface area contributed by atoms with E-state index in [0.717, 1.165) is 72.0 Å². The van der Waals surface area contributed by atoms with E-state index in [1.807, 2.05) is 48.5 Å². The van der Waals surface area contributed by atoms with Gasteiger partial charge in [-0.05, 0) is 54.6 Å². The summed E-state index contributed by atoms with van der Waals surface area (Å²) in [5.41, 5.74) is 10.1. The van der Waals surface area contributed by atoms with Gasteiger partial charge in [-0.1, -0.05) is 78.9 Å². The van der Waals surface area contributed by atoms with Crippen LogP contribution in [-0.4, -0.2) is 14.5 Å². The number of aromatic nitrogens is 3. The zero-order chi connectivity index (χ0) is 29.5. The monoisotopic (exact) mass is 577 g/mol. The summed E-state index contributed by atoms with van der Waals surface area (Å²) in [7, 11) is 0. The smallest absolute Gasteiger partial charge is 0.180 e. The predicted octanol–water partition coefficient (Wildman–Crippen LogP) is 10.7. The first kappa shape index (κ1) is 24.3. The average molecular weight is 578 g/mol. The van der Waals surface area contributed by atoms with Crippen LogP contribution in [0.2, 0.25) is 0 Å². The van der Waals surface area contributed by atoms with E-state index in [1.165, 1.54) is 10.8 Å². The average Bonchev–Trinajstić information content (AvgIpc) is 3.76. The van der Waals surface area contributed by atoms with Crippen molar-refractivity contribution >= 4 is 65.8 Å². The van der Waals surface area contributed by atoms with Crippen LogP contribution in [0.5, 0.6) is 0 Å². The maximum atomic E-state index is 6.29. The summed E-state index contributed by atoms with van der Waals surface area (Å²) in [5.74, 6) is 0.658. The number of hydrogen-bond donors (Lipinski definition) is 0. The van der Waals surface area contributed by atoms with Crippen LogP contribution in [0, 0.1) is 0 Å². The molecule has 0 bridgehead atoms. The molecule has 5 heteroatoms. The van der Waals surface area contributed by atoms with E-state index >= 15 is 0 Å². The van der Waals surface area contributed by atoms with Crippen LogP contribution < -0.4 is 0 Å². The van der Waals surface area contributed by atoms with Gasteiger partial charge in [-0.3, -0.25) is 0 Å². The molecule has 0 N–H and O–H groups in total. The molecule has 0 amide bonds. The topological polar surface area (TPSA) is 57.0 Å². The van der Waals surface area contributed by atoms with Crippen molar-refractivity contribution in [1.29, 1.82) is 0 Å². The molecule has 0 aliphatic rings. The number of hydrogen-bond acceptors (Lipinski definition) is 4. The van der Waals surface area contributed by atoms with Crippen LogP contribution in [0.25, 0.3) is 94.1 Å². The number of fused-ring (bicyclic) bond motifs is 9. The molecule has 0 fully saturated rings. The van der Waals surface area contributed by atoms with Gasteiger partial charge in [-0.2, -0.15) is 0 Å². The summed E-state index contributed by atoms with van der Waals surface area (Å²) in [6.45, 7) is 0. The molecule has 0 aliphatic carbocycles. The highest BCUT2D eigenvalue weighted by Crippen LogP contribution is 2.39. The second-order valence-electron chi connectivity index (χ2n) is 11.4. The fourth-order valence-corrected chi connectivity index (χ4v) is 6.74. The van der Waals surface area contributed by atoms with Gasteiger partial charge in [0.2, 0.25) is 0 Å². The van der Waals surface area contributed by atoms with Crippen molar-refractivity contribution in [2.75, 3.05) is 0 Å². The van der Waals surface area contributed by atoms with E-state index in [2.05, 4.69) is 95.6 Å². The molecule has 0 unspecified atom stereocenters. The van der Waals surface area contributed by atoms with E-state index in [9.17, 15) is 0 Å². The Bertz CT molecular complexity index is 2750. The molecular weight excluding hydrogens is 554 g/mol. The molecule has 45 heavy (non-hydrogen) atoms. The lowest BCUT2D eigenvalue weighted by Gasteiger charge is -2.10. The number of nitrogens with zero attached hydrogens (tertiary/aromatic N) is 3. The first-order valence-electron chi connectivity index (χ1n) is 15.0. The highest BCUT2D eigenvalue weighted by Gasteiger charge is 2.19. The van der Waals surface area contributed by atoms with Gasteiger partial charge >= 0.3 is 0 Å². The van der Waals surface area contributed by atoms with Crippen molar-refractivity contribution in [2.24, 2.45) is 0 Å². The lowest BCUT2D eigenvalue weighted by atomic mass is 10.1. The molecule has 4 heterocycles. The predicted molar refractivity (Wildman–Crippen MR) is 182 cm³/mol. The van der Waals surface area contributed by atoms with Gasteiger partial charge in [0.25, 0.3) is 0 Å². The molecule has 210 valence electrons. The Morgan fingerprint density at radius 3 is 1.96 bits per heavy atom. The third-order valence-electron chi connectivity index (χ3n) is 8.82. The lowest BCUT2D eigenvalue weighted by Crippen LogP contribution is -1.96. The number of rotatable bonds is 3. The van der Waals surface area contributed by atoms with Crippen LogP contribution in [0.1, 0.15) is 0 Å². The van der Waals surface area contributed by atoms with Gasteiger partial charge in [-0.25, -0.2) is 9.97 Å². The first-order valence-corrected chi connectivity index (χ1v) is 15.0. The molecule has 0 aliphatic heterocycles. The van der Waals surface area contributed by atoms with Crippen molar-refractivity contribution in [3.8, 4) is 28.3 Å². The fraction of sp³-hybridized carbons (Fsp3) is 0. The highest BCUT2D eigenvalue weighted by atomic mass is 16.3. The van der Waals surface area contributed by atoms with Gasteiger partial charge in [-0.15, -0.1) is 0 Å². The van der Waals surface area contributed by atoms with Gasteiger partial charge in [0.05, 0.1) is 11.0 Å². The minimum atomic E-state index is 0.658. The van der Waals surface area contributed by atoms with E-state index in [-0.39, 0.29) is 0 Å². The first-order chi connectivity index (χ1) is 22.3. The standard InChI is InChI=1S/C40H23N3O2/c1-2-10-24(11-3-1)37-39-38(29-14-6-9-17-35(29)45-39)42-40(41-37)25-18-20-26(21-19-25)43-32-15-7-4-12-27(32)30-22-31-28-13-5-8-16-34(28)44-36(31)23-33(30)43/h1-23H. The van der Waals surface area contributed by atoms with Crippen LogP contribution in [0.15, 0.2) is 148 Å². The lowest BCUT2D eigenvalue weighted by molar-refractivity contribution is 0.667. The second kappa shape index (κ2) is 9.15. The van der Waals surface area contributed by atoms with E-state index in [0.29, 0.717) is 11.4 Å². The van der Waals surface area contributed by atoms with Crippen LogP contribution in [-0.2, 0) is 0 Å². The molecular formula is C40H23N3O2. The Morgan fingerprint density at radius 1 is 0.444 bits per heavy atom.